The summed E-state index contributed by atoms with van der Waals surface area (Å²) in [6.07, 6.45) is 1.83. The molecule has 1 heterocycles. The average Bonchev–Trinajstić information content (AvgIpc) is 2.49. The van der Waals surface area contributed by atoms with Gasteiger partial charge in [0.2, 0.25) is 5.88 Å². The first-order valence-corrected chi connectivity index (χ1v) is 7.37. The minimum Gasteiger partial charge on any atom is -0.481 e. The predicted octanol–water partition coefficient (Wildman–Crippen LogP) is 2.43. The standard InChI is InChI=1S/C16H28N4O2.HI/c1-16(2,3)13(21-5)11-20-15(17-4)19-10-12-7-8-18-14(9-12)22-6;/h7-9,13H,10-11H2,1-6H3,(H2,17,19,20);1H. The first-order chi connectivity index (χ1) is 10.4. The summed E-state index contributed by atoms with van der Waals surface area (Å²) >= 11 is 0. The van der Waals surface area contributed by atoms with Gasteiger partial charge in [-0.25, -0.2) is 4.98 Å². The Morgan fingerprint density at radius 1 is 1.30 bits per heavy atom. The van der Waals surface area contributed by atoms with Crippen LogP contribution in [0.3, 0.4) is 0 Å². The second-order valence-electron chi connectivity index (χ2n) is 6.10. The highest BCUT2D eigenvalue weighted by atomic mass is 127. The van der Waals surface area contributed by atoms with Crippen molar-refractivity contribution in [1.29, 1.82) is 0 Å². The lowest BCUT2D eigenvalue weighted by Gasteiger charge is -2.30. The van der Waals surface area contributed by atoms with Crippen molar-refractivity contribution in [2.75, 3.05) is 27.8 Å². The van der Waals surface area contributed by atoms with Crippen LogP contribution in [0.1, 0.15) is 26.3 Å². The number of aliphatic imine (C=N–C) groups is 1. The van der Waals surface area contributed by atoms with Gasteiger partial charge in [-0.3, -0.25) is 4.99 Å². The number of guanidine groups is 1. The molecule has 0 aliphatic carbocycles. The Kier molecular flexibility index (Phi) is 10.1. The average molecular weight is 436 g/mol. The van der Waals surface area contributed by atoms with Crippen LogP contribution < -0.4 is 15.4 Å². The molecular weight excluding hydrogens is 407 g/mol. The van der Waals surface area contributed by atoms with Crippen molar-refractivity contribution in [1.82, 2.24) is 15.6 Å². The number of hydrogen-bond acceptors (Lipinski definition) is 4. The third kappa shape index (κ3) is 7.83. The molecule has 0 saturated heterocycles. The van der Waals surface area contributed by atoms with Crippen molar-refractivity contribution < 1.29 is 9.47 Å². The molecule has 7 heteroatoms. The normalized spacial score (nSPS) is 13.0. The van der Waals surface area contributed by atoms with E-state index in [9.17, 15) is 0 Å². The molecular formula is C16H29IN4O2. The molecule has 1 unspecified atom stereocenters. The van der Waals surface area contributed by atoms with Gasteiger partial charge >= 0.3 is 0 Å². The number of methoxy groups -OCH3 is 2. The SMILES string of the molecule is CN=C(NCc1ccnc(OC)c1)NCC(OC)C(C)(C)C.I. The summed E-state index contributed by atoms with van der Waals surface area (Å²) in [5.41, 5.74) is 1.15. The van der Waals surface area contributed by atoms with Crippen molar-refractivity contribution in [2.24, 2.45) is 10.4 Å². The van der Waals surface area contributed by atoms with E-state index in [0.29, 0.717) is 19.0 Å². The van der Waals surface area contributed by atoms with Gasteiger partial charge in [0, 0.05) is 39.5 Å². The summed E-state index contributed by atoms with van der Waals surface area (Å²) in [5, 5.41) is 6.56. The fourth-order valence-electron chi connectivity index (χ4n) is 2.01. The van der Waals surface area contributed by atoms with Crippen LogP contribution in [0, 0.1) is 5.41 Å². The minimum atomic E-state index is 0. The maximum atomic E-state index is 5.53. The summed E-state index contributed by atoms with van der Waals surface area (Å²) < 4.78 is 10.7. The van der Waals surface area contributed by atoms with Gasteiger partial charge in [0.25, 0.3) is 0 Å². The molecule has 0 saturated carbocycles. The van der Waals surface area contributed by atoms with Crippen LogP contribution in [0.5, 0.6) is 5.88 Å². The zero-order valence-corrected chi connectivity index (χ0v) is 17.2. The lowest BCUT2D eigenvalue weighted by molar-refractivity contribution is 0.0205. The van der Waals surface area contributed by atoms with Crippen LogP contribution in [0.2, 0.25) is 0 Å². The van der Waals surface area contributed by atoms with Crippen molar-refractivity contribution in [2.45, 2.75) is 33.4 Å². The van der Waals surface area contributed by atoms with Crippen LogP contribution in [0.4, 0.5) is 0 Å². The highest BCUT2D eigenvalue weighted by Gasteiger charge is 2.24. The molecule has 0 bridgehead atoms. The molecule has 1 aromatic heterocycles. The highest BCUT2D eigenvalue weighted by molar-refractivity contribution is 14.0. The van der Waals surface area contributed by atoms with Gasteiger partial charge in [0.05, 0.1) is 13.2 Å². The largest absolute Gasteiger partial charge is 0.481 e. The number of pyridine rings is 1. The number of hydrogen-bond donors (Lipinski definition) is 2. The molecule has 1 atom stereocenters. The molecule has 0 aliphatic rings. The van der Waals surface area contributed by atoms with E-state index < -0.39 is 0 Å². The molecule has 1 rings (SSSR count). The summed E-state index contributed by atoms with van der Waals surface area (Å²) in [6, 6.07) is 3.84. The minimum absolute atomic E-state index is 0. The van der Waals surface area contributed by atoms with E-state index in [1.807, 2.05) is 12.1 Å². The zero-order chi connectivity index (χ0) is 16.6. The molecule has 0 spiro atoms. The number of ether oxygens (including phenoxy) is 2. The van der Waals surface area contributed by atoms with E-state index in [4.69, 9.17) is 9.47 Å². The van der Waals surface area contributed by atoms with E-state index in [-0.39, 0.29) is 35.5 Å². The van der Waals surface area contributed by atoms with Crippen molar-refractivity contribution >= 4 is 29.9 Å². The fraction of sp³-hybridized carbons (Fsp3) is 0.625. The third-order valence-electron chi connectivity index (χ3n) is 3.40. The van der Waals surface area contributed by atoms with Gasteiger partial charge in [0.15, 0.2) is 5.96 Å². The number of halogens is 1. The van der Waals surface area contributed by atoms with E-state index in [1.165, 1.54) is 0 Å². The molecule has 23 heavy (non-hydrogen) atoms. The van der Waals surface area contributed by atoms with E-state index in [0.717, 1.165) is 11.5 Å². The predicted molar refractivity (Wildman–Crippen MR) is 105 cm³/mol. The molecule has 0 radical (unpaired) electrons. The lowest BCUT2D eigenvalue weighted by Crippen LogP contribution is -2.45. The molecule has 1 aromatic rings. The van der Waals surface area contributed by atoms with Crippen LogP contribution in [0.25, 0.3) is 0 Å². The Hall–Kier alpha value is -1.09. The molecule has 132 valence electrons. The van der Waals surface area contributed by atoms with Crippen LogP contribution in [0.15, 0.2) is 23.3 Å². The number of nitrogens with one attached hydrogen (secondary N) is 2. The highest BCUT2D eigenvalue weighted by Crippen LogP contribution is 2.20. The van der Waals surface area contributed by atoms with Crippen LogP contribution >= 0.6 is 24.0 Å². The molecule has 6 nitrogen and oxygen atoms in total. The topological polar surface area (TPSA) is 67.8 Å². The van der Waals surface area contributed by atoms with Gasteiger partial charge < -0.3 is 20.1 Å². The molecule has 0 fully saturated rings. The maximum Gasteiger partial charge on any atom is 0.213 e. The van der Waals surface area contributed by atoms with E-state index in [1.54, 1.807) is 27.5 Å². The number of rotatable bonds is 6. The zero-order valence-electron chi connectivity index (χ0n) is 14.8. The lowest BCUT2D eigenvalue weighted by atomic mass is 9.89. The summed E-state index contributed by atoms with van der Waals surface area (Å²) in [7, 11) is 5.09. The smallest absolute Gasteiger partial charge is 0.213 e. The summed E-state index contributed by atoms with van der Waals surface area (Å²) in [5.74, 6) is 1.34. The summed E-state index contributed by atoms with van der Waals surface area (Å²) in [4.78, 5) is 8.32. The van der Waals surface area contributed by atoms with Crippen molar-refractivity contribution in [3.63, 3.8) is 0 Å². The Balaban J connectivity index is 0.00000484. The van der Waals surface area contributed by atoms with E-state index in [2.05, 4.69) is 41.4 Å². The van der Waals surface area contributed by atoms with Gasteiger partial charge in [-0.1, -0.05) is 20.8 Å². The Morgan fingerprint density at radius 3 is 2.52 bits per heavy atom. The van der Waals surface area contributed by atoms with Gasteiger partial charge in [-0.05, 0) is 17.0 Å². The first-order valence-electron chi connectivity index (χ1n) is 7.37. The van der Waals surface area contributed by atoms with Crippen molar-refractivity contribution in [3.05, 3.63) is 23.9 Å². The second-order valence-corrected chi connectivity index (χ2v) is 6.10. The summed E-state index contributed by atoms with van der Waals surface area (Å²) in [6.45, 7) is 7.80. The van der Waals surface area contributed by atoms with Gasteiger partial charge in [-0.15, -0.1) is 24.0 Å². The van der Waals surface area contributed by atoms with E-state index >= 15 is 0 Å². The fourth-order valence-corrected chi connectivity index (χ4v) is 2.01. The Morgan fingerprint density at radius 2 is 2.00 bits per heavy atom. The molecule has 0 aromatic carbocycles. The Labute approximate surface area is 156 Å². The molecule has 0 aliphatic heterocycles. The quantitative estimate of drug-likeness (QED) is 0.408. The van der Waals surface area contributed by atoms with Gasteiger partial charge in [-0.2, -0.15) is 0 Å². The maximum absolute atomic E-state index is 5.53. The third-order valence-corrected chi connectivity index (χ3v) is 3.40. The monoisotopic (exact) mass is 436 g/mol. The van der Waals surface area contributed by atoms with Gasteiger partial charge in [0.1, 0.15) is 0 Å². The molecule has 2 N–H and O–H groups in total. The molecule has 0 amide bonds. The Bertz CT molecular complexity index is 489. The number of aromatic nitrogens is 1. The first kappa shape index (κ1) is 21.9. The van der Waals surface area contributed by atoms with Crippen LogP contribution in [-0.4, -0.2) is 44.9 Å². The van der Waals surface area contributed by atoms with Crippen LogP contribution in [-0.2, 0) is 11.3 Å². The second kappa shape index (κ2) is 10.6. The number of nitrogens with zero attached hydrogens (tertiary/aromatic N) is 2. The van der Waals surface area contributed by atoms with Crippen molar-refractivity contribution in [3.8, 4) is 5.88 Å².